The Kier molecular flexibility index (Phi) is 5.42. The molecule has 0 aromatic heterocycles. The molecule has 3 rings (SSSR count). The van der Waals surface area contributed by atoms with Gasteiger partial charge in [-0.1, -0.05) is 30.3 Å². The predicted octanol–water partition coefficient (Wildman–Crippen LogP) is 4.85. The molecule has 0 aliphatic carbocycles. The average Bonchev–Trinajstić information content (AvgIpc) is 2.86. The van der Waals surface area contributed by atoms with Crippen LogP contribution in [-0.2, 0) is 4.79 Å². The van der Waals surface area contributed by atoms with Crippen molar-refractivity contribution in [2.45, 2.75) is 20.0 Å². The summed E-state index contributed by atoms with van der Waals surface area (Å²) in [5, 5.41) is 0.439. The Morgan fingerprint density at radius 1 is 1.15 bits per heavy atom. The molecule has 0 saturated carbocycles. The first-order valence-electron chi connectivity index (χ1n) is 8.22. The predicted molar refractivity (Wildman–Crippen MR) is 104 cm³/mol. The van der Waals surface area contributed by atoms with Crippen LogP contribution in [0.1, 0.15) is 19.4 Å². The van der Waals surface area contributed by atoms with Crippen LogP contribution in [0, 0.1) is 5.82 Å². The second-order valence-corrected chi connectivity index (χ2v) is 7.03. The lowest BCUT2D eigenvalue weighted by molar-refractivity contribution is -0.121. The fourth-order valence-electron chi connectivity index (χ4n) is 2.40. The number of hydrogen-bond acceptors (Lipinski definition) is 4. The lowest BCUT2D eigenvalue weighted by atomic mass is 10.2. The molecule has 2 aromatic carbocycles. The van der Waals surface area contributed by atoms with Crippen molar-refractivity contribution in [2.75, 3.05) is 7.05 Å². The van der Waals surface area contributed by atoms with Crippen LogP contribution in [0.15, 0.2) is 58.4 Å². The summed E-state index contributed by atoms with van der Waals surface area (Å²) < 4.78 is 19.6. The Labute approximate surface area is 156 Å². The molecule has 6 heteroatoms. The van der Waals surface area contributed by atoms with Gasteiger partial charge in [-0.05, 0) is 49.9 Å². The van der Waals surface area contributed by atoms with Crippen molar-refractivity contribution in [2.24, 2.45) is 4.99 Å². The Morgan fingerprint density at radius 3 is 2.58 bits per heavy atom. The molecule has 2 aromatic rings. The van der Waals surface area contributed by atoms with Gasteiger partial charge >= 0.3 is 0 Å². The number of ether oxygens (including phenoxy) is 1. The van der Waals surface area contributed by atoms with Crippen molar-refractivity contribution in [1.29, 1.82) is 0 Å². The molecule has 1 saturated heterocycles. The number of aliphatic imine (C=N–C) groups is 1. The number of likely N-dealkylation sites (N-methyl/N-ethyl adjacent to an activating group) is 1. The maximum absolute atomic E-state index is 13.8. The zero-order valence-electron chi connectivity index (χ0n) is 14.8. The third kappa shape index (κ3) is 3.96. The van der Waals surface area contributed by atoms with E-state index >= 15 is 0 Å². The molecule has 0 N–H and O–H groups in total. The van der Waals surface area contributed by atoms with Crippen LogP contribution in [0.5, 0.6) is 5.75 Å². The number of para-hydroxylation sites is 2. The fourth-order valence-corrected chi connectivity index (χ4v) is 3.37. The molecular formula is C20H19FN2O2S. The second-order valence-electron chi connectivity index (χ2n) is 6.03. The summed E-state index contributed by atoms with van der Waals surface area (Å²) in [4.78, 5) is 18.8. The smallest absolute Gasteiger partial charge is 0.266 e. The average molecular weight is 370 g/mol. The van der Waals surface area contributed by atoms with E-state index in [2.05, 4.69) is 4.99 Å². The first-order valence-corrected chi connectivity index (χ1v) is 9.04. The molecule has 0 bridgehead atoms. The Morgan fingerprint density at radius 2 is 1.85 bits per heavy atom. The first kappa shape index (κ1) is 18.2. The summed E-state index contributed by atoms with van der Waals surface area (Å²) >= 11 is 1.22. The lowest BCUT2D eigenvalue weighted by Crippen LogP contribution is -2.23. The van der Waals surface area contributed by atoms with Crippen molar-refractivity contribution in [3.05, 3.63) is 64.8 Å². The molecule has 0 unspecified atom stereocenters. The molecular weight excluding hydrogens is 351 g/mol. The van der Waals surface area contributed by atoms with E-state index in [1.54, 1.807) is 31.3 Å². The van der Waals surface area contributed by atoms with Gasteiger partial charge in [0.05, 0.1) is 11.0 Å². The molecule has 0 spiro atoms. The van der Waals surface area contributed by atoms with E-state index in [-0.39, 0.29) is 17.7 Å². The van der Waals surface area contributed by atoms with Crippen molar-refractivity contribution in [3.8, 4) is 5.75 Å². The Bertz CT molecular complexity index is 893. The second kappa shape index (κ2) is 7.74. The highest BCUT2D eigenvalue weighted by atomic mass is 32.2. The number of carbonyl (C=O) groups is 1. The maximum atomic E-state index is 13.8. The molecule has 134 valence electrons. The number of benzene rings is 2. The van der Waals surface area contributed by atoms with Crippen molar-refractivity contribution >= 4 is 34.6 Å². The number of thioether (sulfide) groups is 1. The number of carbonyl (C=O) groups excluding carboxylic acids is 1. The van der Waals surface area contributed by atoms with E-state index < -0.39 is 5.82 Å². The van der Waals surface area contributed by atoms with E-state index in [1.165, 1.54) is 22.7 Å². The zero-order chi connectivity index (χ0) is 18.7. The van der Waals surface area contributed by atoms with Crippen LogP contribution in [0.25, 0.3) is 6.08 Å². The van der Waals surface area contributed by atoms with Gasteiger partial charge in [0.1, 0.15) is 17.3 Å². The van der Waals surface area contributed by atoms with Gasteiger partial charge in [0.25, 0.3) is 5.91 Å². The summed E-state index contributed by atoms with van der Waals surface area (Å²) in [6, 6.07) is 13.8. The maximum Gasteiger partial charge on any atom is 0.266 e. The van der Waals surface area contributed by atoms with E-state index in [0.29, 0.717) is 15.8 Å². The molecule has 0 radical (unpaired) electrons. The molecule has 1 aliphatic heterocycles. The molecule has 1 fully saturated rings. The molecule has 0 atom stereocenters. The van der Waals surface area contributed by atoms with Gasteiger partial charge in [0.15, 0.2) is 5.17 Å². The van der Waals surface area contributed by atoms with Crippen LogP contribution in [0.3, 0.4) is 0 Å². The number of rotatable bonds is 4. The highest BCUT2D eigenvalue weighted by Crippen LogP contribution is 2.35. The van der Waals surface area contributed by atoms with E-state index in [9.17, 15) is 9.18 Å². The Balaban J connectivity index is 1.93. The van der Waals surface area contributed by atoms with Crippen molar-refractivity contribution < 1.29 is 13.9 Å². The summed E-state index contributed by atoms with van der Waals surface area (Å²) in [5.74, 6) is 0.115. The fraction of sp³-hybridized carbons (Fsp3) is 0.200. The normalized spacial score (nSPS) is 17.6. The van der Waals surface area contributed by atoms with Gasteiger partial charge in [-0.15, -0.1) is 0 Å². The van der Waals surface area contributed by atoms with E-state index in [0.717, 1.165) is 5.56 Å². The molecule has 26 heavy (non-hydrogen) atoms. The minimum Gasteiger partial charge on any atom is -0.490 e. The van der Waals surface area contributed by atoms with E-state index in [1.807, 2.05) is 38.1 Å². The van der Waals surface area contributed by atoms with Gasteiger partial charge in [-0.25, -0.2) is 9.38 Å². The number of amidine groups is 1. The van der Waals surface area contributed by atoms with Gasteiger partial charge in [-0.2, -0.15) is 0 Å². The standard InChI is InChI=1S/C20H19FN2O2S/c1-13(2)25-17-11-7-4-8-14(17)12-18-19(24)23(3)20(26-18)22-16-10-6-5-9-15(16)21/h4-13H,1-3H3/b18-12+,22-20?. The highest BCUT2D eigenvalue weighted by Gasteiger charge is 2.30. The minimum absolute atomic E-state index is 0.0299. The van der Waals surface area contributed by atoms with Crippen LogP contribution >= 0.6 is 11.8 Å². The van der Waals surface area contributed by atoms with Crippen LogP contribution in [0.4, 0.5) is 10.1 Å². The first-order chi connectivity index (χ1) is 12.5. The SMILES string of the molecule is CC(C)Oc1ccccc1/C=C1/SC(=Nc2ccccc2F)N(C)C1=O. The van der Waals surface area contributed by atoms with Gasteiger partial charge < -0.3 is 4.74 Å². The number of amides is 1. The van der Waals surface area contributed by atoms with Crippen molar-refractivity contribution in [1.82, 2.24) is 4.90 Å². The monoisotopic (exact) mass is 370 g/mol. The summed E-state index contributed by atoms with van der Waals surface area (Å²) in [5.41, 5.74) is 1.03. The minimum atomic E-state index is -0.422. The summed E-state index contributed by atoms with van der Waals surface area (Å²) in [6.07, 6.45) is 1.81. The number of nitrogens with zero attached hydrogens (tertiary/aromatic N) is 2. The van der Waals surface area contributed by atoms with Crippen molar-refractivity contribution in [3.63, 3.8) is 0 Å². The van der Waals surface area contributed by atoms with Crippen LogP contribution in [-0.4, -0.2) is 29.1 Å². The molecule has 1 aliphatic rings. The zero-order valence-corrected chi connectivity index (χ0v) is 15.6. The molecule has 1 heterocycles. The number of hydrogen-bond donors (Lipinski definition) is 0. The van der Waals surface area contributed by atoms with Gasteiger partial charge in [0, 0.05) is 12.6 Å². The van der Waals surface area contributed by atoms with Gasteiger partial charge in [0.2, 0.25) is 0 Å². The topological polar surface area (TPSA) is 41.9 Å². The largest absolute Gasteiger partial charge is 0.490 e. The third-order valence-corrected chi connectivity index (χ3v) is 4.70. The van der Waals surface area contributed by atoms with Crippen LogP contribution in [0.2, 0.25) is 0 Å². The number of halogens is 1. The molecule has 4 nitrogen and oxygen atoms in total. The highest BCUT2D eigenvalue weighted by molar-refractivity contribution is 8.18. The Hall–Kier alpha value is -2.60. The van der Waals surface area contributed by atoms with Gasteiger partial charge in [-0.3, -0.25) is 9.69 Å². The summed E-state index contributed by atoms with van der Waals surface area (Å²) in [6.45, 7) is 3.90. The molecule has 1 amide bonds. The van der Waals surface area contributed by atoms with Crippen LogP contribution < -0.4 is 4.74 Å². The van der Waals surface area contributed by atoms with E-state index in [4.69, 9.17) is 4.74 Å². The third-order valence-electron chi connectivity index (χ3n) is 3.64. The quantitative estimate of drug-likeness (QED) is 0.723. The summed E-state index contributed by atoms with van der Waals surface area (Å²) in [7, 11) is 1.63. The lowest BCUT2D eigenvalue weighted by Gasteiger charge is -2.12.